The van der Waals surface area contributed by atoms with Crippen LogP contribution in [-0.2, 0) is 15.6 Å². The van der Waals surface area contributed by atoms with E-state index < -0.39 is 21.5 Å². The van der Waals surface area contributed by atoms with Gasteiger partial charge in [-0.15, -0.1) is 0 Å². The third-order valence-corrected chi connectivity index (χ3v) is 65.9. The van der Waals surface area contributed by atoms with Crippen LogP contribution in [-0.4, -0.2) is 5.92 Å². The Morgan fingerprint density at radius 3 is 1.66 bits per heavy atom. The van der Waals surface area contributed by atoms with E-state index in [0.717, 1.165) is 6.42 Å². The van der Waals surface area contributed by atoms with Crippen molar-refractivity contribution in [3.05, 3.63) is 129 Å². The zero-order valence-corrected chi connectivity index (χ0v) is 37.9. The Labute approximate surface area is 329 Å². The van der Waals surface area contributed by atoms with Crippen molar-refractivity contribution in [2.45, 2.75) is 124 Å². The fourth-order valence-electron chi connectivity index (χ4n) is 11.0. The van der Waals surface area contributed by atoms with Crippen molar-refractivity contribution in [1.29, 1.82) is 0 Å². The van der Waals surface area contributed by atoms with Gasteiger partial charge in [0.15, 0.2) is 0 Å². The molecule has 53 heavy (non-hydrogen) atoms. The summed E-state index contributed by atoms with van der Waals surface area (Å²) >= 11 is -4.89. The molecule has 4 aromatic carbocycles. The van der Waals surface area contributed by atoms with Gasteiger partial charge in [0.05, 0.1) is 0 Å². The maximum atomic E-state index is 8.90. The van der Waals surface area contributed by atoms with Gasteiger partial charge in [-0.25, -0.2) is 0 Å². The Kier molecular flexibility index (Phi) is 10.9. The molecule has 0 saturated heterocycles. The SMILES string of the molecule is CCC1=Cc2c(-c3ccc(C4CCCCC4)cc3)cccc2[CH]1[Zr]([Cl])([Cl])([CH]1C(C2CCCCC2)=Cc2c(-c3ccc(C(C)C)cc3)cccc21)[SiH](C)C. The van der Waals surface area contributed by atoms with E-state index in [2.05, 4.69) is 131 Å². The molecular formula is C49H59Cl2SiZr. The van der Waals surface area contributed by atoms with Crippen LogP contribution in [0.25, 0.3) is 34.4 Å². The molecular weight excluding hydrogens is 779 g/mol. The van der Waals surface area contributed by atoms with Crippen molar-refractivity contribution in [3.8, 4) is 22.3 Å². The summed E-state index contributed by atoms with van der Waals surface area (Å²) in [6, 6.07) is 33.0. The van der Waals surface area contributed by atoms with E-state index in [4.69, 9.17) is 17.0 Å². The van der Waals surface area contributed by atoms with Crippen molar-refractivity contribution in [2.75, 3.05) is 0 Å². The van der Waals surface area contributed by atoms with E-state index in [1.807, 2.05) is 0 Å². The van der Waals surface area contributed by atoms with Crippen molar-refractivity contribution >= 4 is 35.1 Å². The van der Waals surface area contributed by atoms with Crippen LogP contribution < -0.4 is 0 Å². The molecule has 0 nitrogen and oxygen atoms in total. The van der Waals surface area contributed by atoms with Gasteiger partial charge >= 0.3 is 332 Å². The zero-order valence-electron chi connectivity index (χ0n) is 32.7. The van der Waals surface area contributed by atoms with Crippen LogP contribution in [0.5, 0.6) is 0 Å². The molecule has 8 rings (SSSR count). The fourth-order valence-corrected chi connectivity index (χ4v) is 42.4. The molecule has 0 aromatic heterocycles. The second kappa shape index (κ2) is 15.2. The zero-order chi connectivity index (χ0) is 36.9. The van der Waals surface area contributed by atoms with Gasteiger partial charge in [-0.05, 0) is 0 Å². The number of allylic oxidation sites excluding steroid dienone is 2. The third-order valence-electron chi connectivity index (χ3n) is 14.1. The minimum absolute atomic E-state index is 0.129. The first-order valence-electron chi connectivity index (χ1n) is 21.1. The normalized spacial score (nSPS) is 21.6. The maximum absolute atomic E-state index is 8.90. The van der Waals surface area contributed by atoms with Gasteiger partial charge in [-0.3, -0.25) is 0 Å². The molecule has 0 radical (unpaired) electrons. The molecule has 2 fully saturated rings. The Morgan fingerprint density at radius 1 is 0.623 bits per heavy atom. The summed E-state index contributed by atoms with van der Waals surface area (Å²) in [5.41, 5.74) is 16.8. The molecule has 4 aromatic rings. The standard InChI is InChI=1S/C24H27.C23H25.C2H7Si.2ClH.Zr/c1-17(2)18-11-13-20(14-12-18)23-10-6-9-21-15-22(16-24(21)23)19-7-4-3-5-8-19;1-2-17-15-21-9-6-10-22(23(21)16-17)20-13-11-19(12-14-20)18-7-4-3-5-8-18;1-3-2;;;/h6,9-17,19H,3-5,7-8H2,1-2H3;6,9-16,18H,2-5,7-8H2,1H3;3H,1-2H3;2*1H;/q;;;;;+2/p-2. The van der Waals surface area contributed by atoms with Crippen LogP contribution in [0.15, 0.2) is 96.1 Å². The molecule has 2 saturated carbocycles. The van der Waals surface area contributed by atoms with Gasteiger partial charge < -0.3 is 0 Å². The van der Waals surface area contributed by atoms with Gasteiger partial charge in [-0.1, -0.05) is 0 Å². The minimum atomic E-state index is -4.89. The summed E-state index contributed by atoms with van der Waals surface area (Å²) < 4.78 is 0.272. The Bertz CT molecular complexity index is 2020. The van der Waals surface area contributed by atoms with E-state index in [-0.39, 0.29) is 7.25 Å². The van der Waals surface area contributed by atoms with E-state index in [1.54, 1.807) is 5.57 Å². The second-order valence-electron chi connectivity index (χ2n) is 17.6. The van der Waals surface area contributed by atoms with E-state index in [1.165, 1.54) is 125 Å². The van der Waals surface area contributed by atoms with Crippen molar-refractivity contribution in [1.82, 2.24) is 0 Å². The Balaban J connectivity index is 1.27. The van der Waals surface area contributed by atoms with E-state index in [0.29, 0.717) is 17.8 Å². The monoisotopic (exact) mass is 835 g/mol. The van der Waals surface area contributed by atoms with Gasteiger partial charge in [-0.2, -0.15) is 0 Å². The molecule has 4 aliphatic rings. The number of benzene rings is 4. The number of fused-ring (bicyclic) bond motifs is 2. The molecule has 0 N–H and O–H groups in total. The number of rotatable bonds is 9. The quantitative estimate of drug-likeness (QED) is 0.147. The average molecular weight is 838 g/mol. The fraction of sp³-hybridized carbons (Fsp3) is 0.429. The first kappa shape index (κ1) is 37.9. The van der Waals surface area contributed by atoms with Crippen LogP contribution in [0, 0.1) is 5.92 Å². The molecule has 0 spiro atoms. The summed E-state index contributed by atoms with van der Waals surface area (Å²) in [5.74, 6) is 0.141. The van der Waals surface area contributed by atoms with Crippen molar-refractivity contribution in [2.24, 2.45) is 5.92 Å². The molecule has 0 bridgehead atoms. The molecule has 0 heterocycles. The molecule has 4 heteroatoms. The second-order valence-corrected chi connectivity index (χ2v) is 60.2. The molecule has 277 valence electrons. The van der Waals surface area contributed by atoms with Crippen LogP contribution in [0.1, 0.15) is 144 Å². The Morgan fingerprint density at radius 2 is 1.13 bits per heavy atom. The van der Waals surface area contributed by atoms with Gasteiger partial charge in [0, 0.05) is 0 Å². The van der Waals surface area contributed by atoms with Gasteiger partial charge in [0.1, 0.15) is 0 Å². The predicted octanol–water partition coefficient (Wildman–Crippen LogP) is 15.7. The molecule has 0 amide bonds. The summed E-state index contributed by atoms with van der Waals surface area (Å²) in [6.45, 7) is 11.9. The summed E-state index contributed by atoms with van der Waals surface area (Å²) in [4.78, 5) is 0. The van der Waals surface area contributed by atoms with Crippen molar-refractivity contribution in [3.63, 3.8) is 0 Å². The number of hydrogen-bond acceptors (Lipinski definition) is 0. The van der Waals surface area contributed by atoms with Crippen molar-refractivity contribution < 1.29 is 15.6 Å². The topological polar surface area (TPSA) is 0 Å². The number of hydrogen-bond donors (Lipinski definition) is 0. The van der Waals surface area contributed by atoms with Crippen LogP contribution in [0.4, 0.5) is 0 Å². The summed E-state index contributed by atoms with van der Waals surface area (Å²) in [6.07, 6.45) is 19.4. The first-order chi connectivity index (χ1) is 25.6. The molecule has 4 aliphatic carbocycles. The molecule has 2 unspecified atom stereocenters. The van der Waals surface area contributed by atoms with E-state index in [9.17, 15) is 0 Å². The van der Waals surface area contributed by atoms with Gasteiger partial charge in [0.25, 0.3) is 0 Å². The van der Waals surface area contributed by atoms with E-state index >= 15 is 0 Å². The van der Waals surface area contributed by atoms with Gasteiger partial charge in [0.2, 0.25) is 0 Å². The molecule has 0 aliphatic heterocycles. The van der Waals surface area contributed by atoms with Crippen LogP contribution >= 0.6 is 17.0 Å². The average Bonchev–Trinajstić information content (AvgIpc) is 3.79. The molecule has 2 atom stereocenters. The summed E-state index contributed by atoms with van der Waals surface area (Å²) in [5, 5.41) is 0. The number of halogens is 2. The predicted molar refractivity (Wildman–Crippen MR) is 233 cm³/mol. The first-order valence-corrected chi connectivity index (χ1v) is 37.4. The Hall–Kier alpha value is -1.96. The third kappa shape index (κ3) is 6.62. The van der Waals surface area contributed by atoms with Crippen LogP contribution in [0.3, 0.4) is 0 Å². The summed E-state index contributed by atoms with van der Waals surface area (Å²) in [7, 11) is 17.8. The van der Waals surface area contributed by atoms with Crippen LogP contribution in [0.2, 0.25) is 13.1 Å².